The third-order valence-electron chi connectivity index (χ3n) is 2.56. The Morgan fingerprint density at radius 1 is 1.25 bits per heavy atom. The maximum atomic E-state index is 13.0. The molecule has 0 aromatic heterocycles. The normalized spacial score (nSPS) is 14.2. The van der Waals surface area contributed by atoms with Gasteiger partial charge in [-0.3, -0.25) is 0 Å². The molecule has 90 valence electrons. The van der Waals surface area contributed by atoms with Crippen LogP contribution in [0.15, 0.2) is 18.2 Å². The summed E-state index contributed by atoms with van der Waals surface area (Å²) in [5.41, 5.74) is 2.04. The summed E-state index contributed by atoms with van der Waals surface area (Å²) in [6.07, 6.45) is 2.71. The number of rotatable bonds is 4. The molecular formula is C14H22FN. The van der Waals surface area contributed by atoms with E-state index >= 15 is 0 Å². The van der Waals surface area contributed by atoms with Crippen molar-refractivity contribution in [1.29, 1.82) is 0 Å². The molecule has 0 radical (unpaired) electrons. The Bertz CT molecular complexity index is 298. The smallest absolute Gasteiger partial charge is 0.123 e. The Morgan fingerprint density at radius 3 is 2.50 bits per heavy atom. The van der Waals surface area contributed by atoms with Gasteiger partial charge in [0.05, 0.1) is 0 Å². The van der Waals surface area contributed by atoms with Gasteiger partial charge in [-0.2, -0.15) is 0 Å². The lowest BCUT2D eigenvalue weighted by Crippen LogP contribution is -2.16. The predicted molar refractivity (Wildman–Crippen MR) is 66.9 cm³/mol. The summed E-state index contributed by atoms with van der Waals surface area (Å²) in [6, 6.07) is 5.19. The lowest BCUT2D eigenvalue weighted by atomic mass is 10.1. The van der Waals surface area contributed by atoms with Crippen molar-refractivity contribution in [1.82, 2.24) is 5.32 Å². The number of hydrogen-bond donors (Lipinski definition) is 1. The average Bonchev–Trinajstić information content (AvgIpc) is 3.03. The summed E-state index contributed by atoms with van der Waals surface area (Å²) in [7, 11) is 0. The van der Waals surface area contributed by atoms with Crippen molar-refractivity contribution in [3.8, 4) is 0 Å². The number of benzene rings is 1. The quantitative estimate of drug-likeness (QED) is 0.821. The molecule has 2 heteroatoms. The minimum atomic E-state index is -0.131. The number of aryl methyl sites for hydroxylation is 1. The van der Waals surface area contributed by atoms with Gasteiger partial charge < -0.3 is 5.32 Å². The topological polar surface area (TPSA) is 12.0 Å². The van der Waals surface area contributed by atoms with E-state index in [2.05, 4.69) is 5.32 Å². The molecule has 0 amide bonds. The van der Waals surface area contributed by atoms with Crippen molar-refractivity contribution in [3.63, 3.8) is 0 Å². The minimum absolute atomic E-state index is 0.131. The summed E-state index contributed by atoms with van der Waals surface area (Å²) in [4.78, 5) is 0. The summed E-state index contributed by atoms with van der Waals surface area (Å²) < 4.78 is 13.0. The standard InChI is InChI=1S/C12H16FN.C2H6/c1-9-4-11(6-12(13)5-9)8-14-7-10-2-3-10;1-2/h4-6,10,14H,2-3,7-8H2,1H3;1-2H3. The molecule has 1 N–H and O–H groups in total. The molecule has 0 heterocycles. The average molecular weight is 223 g/mol. The monoisotopic (exact) mass is 223 g/mol. The Morgan fingerprint density at radius 2 is 1.94 bits per heavy atom. The highest BCUT2D eigenvalue weighted by atomic mass is 19.1. The first-order valence-corrected chi connectivity index (χ1v) is 6.21. The molecule has 0 spiro atoms. The van der Waals surface area contributed by atoms with Gasteiger partial charge in [-0.1, -0.05) is 19.9 Å². The molecule has 0 aliphatic heterocycles. The van der Waals surface area contributed by atoms with Gasteiger partial charge in [0, 0.05) is 6.54 Å². The molecular weight excluding hydrogens is 201 g/mol. The van der Waals surface area contributed by atoms with Crippen LogP contribution in [-0.4, -0.2) is 6.54 Å². The molecule has 1 aliphatic carbocycles. The van der Waals surface area contributed by atoms with E-state index in [1.165, 1.54) is 12.8 Å². The van der Waals surface area contributed by atoms with Gasteiger partial charge in [0.15, 0.2) is 0 Å². The van der Waals surface area contributed by atoms with Crippen LogP contribution in [0.2, 0.25) is 0 Å². The zero-order chi connectivity index (χ0) is 12.0. The van der Waals surface area contributed by atoms with Gasteiger partial charge in [0.25, 0.3) is 0 Å². The van der Waals surface area contributed by atoms with Crippen LogP contribution in [0.3, 0.4) is 0 Å². The van der Waals surface area contributed by atoms with Gasteiger partial charge in [-0.25, -0.2) is 4.39 Å². The summed E-state index contributed by atoms with van der Waals surface area (Å²) >= 11 is 0. The lowest BCUT2D eigenvalue weighted by molar-refractivity contribution is 0.611. The minimum Gasteiger partial charge on any atom is -0.312 e. The third kappa shape index (κ3) is 4.75. The van der Waals surface area contributed by atoms with Crippen LogP contribution in [-0.2, 0) is 6.54 Å². The van der Waals surface area contributed by atoms with Crippen molar-refractivity contribution >= 4 is 0 Å². The zero-order valence-electron chi connectivity index (χ0n) is 10.5. The van der Waals surface area contributed by atoms with E-state index in [1.54, 1.807) is 12.1 Å². The molecule has 16 heavy (non-hydrogen) atoms. The fourth-order valence-corrected chi connectivity index (χ4v) is 1.66. The molecule has 1 saturated carbocycles. The Balaban J connectivity index is 0.000000606. The highest BCUT2D eigenvalue weighted by Crippen LogP contribution is 2.27. The van der Waals surface area contributed by atoms with Crippen LogP contribution >= 0.6 is 0 Å². The molecule has 0 bridgehead atoms. The van der Waals surface area contributed by atoms with Crippen LogP contribution < -0.4 is 5.32 Å². The zero-order valence-corrected chi connectivity index (χ0v) is 10.5. The van der Waals surface area contributed by atoms with Crippen LogP contribution in [0.25, 0.3) is 0 Å². The van der Waals surface area contributed by atoms with E-state index in [1.807, 2.05) is 26.8 Å². The van der Waals surface area contributed by atoms with E-state index in [-0.39, 0.29) is 5.82 Å². The Hall–Kier alpha value is -0.890. The second-order valence-electron chi connectivity index (χ2n) is 4.21. The lowest BCUT2D eigenvalue weighted by Gasteiger charge is -2.05. The number of halogens is 1. The van der Waals surface area contributed by atoms with Gasteiger partial charge in [-0.15, -0.1) is 0 Å². The molecule has 1 aromatic carbocycles. The van der Waals surface area contributed by atoms with Crippen molar-refractivity contribution in [2.75, 3.05) is 6.54 Å². The maximum absolute atomic E-state index is 13.0. The highest BCUT2D eigenvalue weighted by molar-refractivity contribution is 5.23. The third-order valence-corrected chi connectivity index (χ3v) is 2.56. The molecule has 1 fully saturated rings. The first-order valence-electron chi connectivity index (χ1n) is 6.21. The molecule has 1 aliphatic rings. The van der Waals surface area contributed by atoms with E-state index < -0.39 is 0 Å². The molecule has 0 atom stereocenters. The second-order valence-corrected chi connectivity index (χ2v) is 4.21. The number of hydrogen-bond acceptors (Lipinski definition) is 1. The van der Waals surface area contributed by atoms with Gasteiger partial charge in [0.1, 0.15) is 5.82 Å². The van der Waals surface area contributed by atoms with Crippen LogP contribution in [0, 0.1) is 18.7 Å². The predicted octanol–water partition coefficient (Wildman–Crippen LogP) is 3.66. The van der Waals surface area contributed by atoms with Crippen molar-refractivity contribution < 1.29 is 4.39 Å². The summed E-state index contributed by atoms with van der Waals surface area (Å²) in [6.45, 7) is 7.79. The first kappa shape index (κ1) is 13.2. The SMILES string of the molecule is CC.Cc1cc(F)cc(CNCC2CC2)c1. The molecule has 0 saturated heterocycles. The van der Waals surface area contributed by atoms with Gasteiger partial charge in [-0.05, 0) is 55.5 Å². The fraction of sp³-hybridized carbons (Fsp3) is 0.571. The van der Waals surface area contributed by atoms with Crippen molar-refractivity contribution in [2.24, 2.45) is 5.92 Å². The highest BCUT2D eigenvalue weighted by Gasteiger charge is 2.20. The van der Waals surface area contributed by atoms with Crippen LogP contribution in [0.1, 0.15) is 37.8 Å². The molecule has 1 aromatic rings. The van der Waals surface area contributed by atoms with Crippen molar-refractivity contribution in [2.45, 2.75) is 40.2 Å². The Labute approximate surface area is 98.1 Å². The first-order chi connectivity index (χ1) is 7.74. The van der Waals surface area contributed by atoms with E-state index in [4.69, 9.17) is 0 Å². The maximum Gasteiger partial charge on any atom is 0.123 e. The molecule has 1 nitrogen and oxygen atoms in total. The second kappa shape index (κ2) is 6.64. The van der Waals surface area contributed by atoms with E-state index in [9.17, 15) is 4.39 Å². The number of nitrogens with one attached hydrogen (secondary N) is 1. The van der Waals surface area contributed by atoms with Crippen LogP contribution in [0.4, 0.5) is 4.39 Å². The largest absolute Gasteiger partial charge is 0.312 e. The van der Waals surface area contributed by atoms with Gasteiger partial charge >= 0.3 is 0 Å². The summed E-state index contributed by atoms with van der Waals surface area (Å²) in [5, 5.41) is 3.35. The molecule has 2 rings (SSSR count). The van der Waals surface area contributed by atoms with Crippen molar-refractivity contribution in [3.05, 3.63) is 35.1 Å². The van der Waals surface area contributed by atoms with E-state index in [0.717, 1.165) is 30.1 Å². The van der Waals surface area contributed by atoms with Crippen LogP contribution in [0.5, 0.6) is 0 Å². The molecule has 0 unspecified atom stereocenters. The fourth-order valence-electron chi connectivity index (χ4n) is 1.66. The van der Waals surface area contributed by atoms with Gasteiger partial charge in [0.2, 0.25) is 0 Å². The van der Waals surface area contributed by atoms with E-state index in [0.29, 0.717) is 0 Å². The Kier molecular flexibility index (Phi) is 5.47. The summed E-state index contributed by atoms with van der Waals surface area (Å²) in [5.74, 6) is 0.748.